The number of anilines is 1. The highest BCUT2D eigenvalue weighted by Gasteiger charge is 2.09. The van der Waals surface area contributed by atoms with Crippen molar-refractivity contribution in [3.8, 4) is 29.5 Å². The Labute approximate surface area is 157 Å². The summed E-state index contributed by atoms with van der Waals surface area (Å²) < 4.78 is 5.73. The number of ether oxygens (including phenoxy) is 1. The minimum Gasteiger partial charge on any atom is -0.458 e. The molecule has 6 heteroatoms. The van der Waals surface area contributed by atoms with Crippen LogP contribution in [0.3, 0.4) is 0 Å². The Kier molecular flexibility index (Phi) is 5.67. The summed E-state index contributed by atoms with van der Waals surface area (Å²) in [6.45, 7) is 2.68. The van der Waals surface area contributed by atoms with Gasteiger partial charge in [-0.15, -0.1) is 6.42 Å². The van der Waals surface area contributed by atoms with Crippen molar-refractivity contribution in [2.24, 2.45) is 0 Å². The average molecular weight is 365 g/mol. The zero-order valence-corrected chi connectivity index (χ0v) is 15.0. The van der Waals surface area contributed by atoms with Gasteiger partial charge in [0.25, 0.3) is 0 Å². The molecule has 1 aromatic heterocycles. The fraction of sp³-hybridized carbons (Fsp3) is 0.150. The van der Waals surface area contributed by atoms with Crippen LogP contribution in [0.15, 0.2) is 48.5 Å². The third-order valence-corrected chi connectivity index (χ3v) is 3.99. The predicted octanol–water partition coefficient (Wildman–Crippen LogP) is 4.12. The van der Waals surface area contributed by atoms with E-state index in [9.17, 15) is 0 Å². The fourth-order valence-electron chi connectivity index (χ4n) is 2.52. The van der Waals surface area contributed by atoms with E-state index >= 15 is 0 Å². The lowest BCUT2D eigenvalue weighted by Crippen LogP contribution is -2.08. The van der Waals surface area contributed by atoms with Crippen molar-refractivity contribution < 1.29 is 4.74 Å². The fourth-order valence-corrected chi connectivity index (χ4v) is 2.67. The topological polar surface area (TPSA) is 59.9 Å². The quantitative estimate of drug-likeness (QED) is 0.666. The summed E-state index contributed by atoms with van der Waals surface area (Å²) in [5.74, 6) is 2.73. The van der Waals surface area contributed by atoms with E-state index in [1.807, 2.05) is 30.3 Å². The van der Waals surface area contributed by atoms with E-state index in [0.717, 1.165) is 22.3 Å². The highest BCUT2D eigenvalue weighted by molar-refractivity contribution is 6.28. The number of nitrogens with zero attached hydrogens (tertiary/aromatic N) is 3. The largest absolute Gasteiger partial charge is 0.458 e. The number of nitrogens with one attached hydrogen (secondary N) is 1. The molecule has 3 rings (SSSR count). The lowest BCUT2D eigenvalue weighted by atomic mass is 9.97. The number of benzene rings is 2. The maximum Gasteiger partial charge on any atom is 0.322 e. The van der Waals surface area contributed by atoms with Gasteiger partial charge in [0.2, 0.25) is 11.2 Å². The van der Waals surface area contributed by atoms with Gasteiger partial charge in [-0.2, -0.15) is 15.0 Å². The van der Waals surface area contributed by atoms with Crippen molar-refractivity contribution in [2.45, 2.75) is 13.5 Å². The van der Waals surface area contributed by atoms with Crippen LogP contribution in [0.25, 0.3) is 11.1 Å². The molecule has 1 N–H and O–H groups in total. The molecule has 26 heavy (non-hydrogen) atoms. The molecule has 0 fully saturated rings. The molecule has 0 saturated carbocycles. The molecule has 0 aliphatic heterocycles. The molecule has 2 aromatic carbocycles. The van der Waals surface area contributed by atoms with Gasteiger partial charge in [-0.3, -0.25) is 0 Å². The molecule has 0 aliphatic rings. The molecule has 0 bridgehead atoms. The van der Waals surface area contributed by atoms with E-state index in [2.05, 4.69) is 51.3 Å². The number of halogens is 1. The molecule has 0 radical (unpaired) electrons. The molecular formula is C20H17ClN4O. The van der Waals surface area contributed by atoms with Crippen LogP contribution in [-0.2, 0) is 6.61 Å². The summed E-state index contributed by atoms with van der Waals surface area (Å²) in [5.41, 5.74) is 4.51. The molecule has 0 spiro atoms. The van der Waals surface area contributed by atoms with E-state index in [1.54, 1.807) is 0 Å². The SMILES string of the molecule is C#CCNc1nc(Cl)nc(OCc2cccc(-c3ccccc3)c2C)n1. The van der Waals surface area contributed by atoms with Crippen LogP contribution in [0, 0.1) is 19.3 Å². The van der Waals surface area contributed by atoms with E-state index in [1.165, 1.54) is 0 Å². The zero-order chi connectivity index (χ0) is 18.4. The normalized spacial score (nSPS) is 10.2. The molecule has 3 aromatic rings. The predicted molar refractivity (Wildman–Crippen MR) is 103 cm³/mol. The number of hydrogen-bond donors (Lipinski definition) is 1. The highest BCUT2D eigenvalue weighted by Crippen LogP contribution is 2.26. The molecule has 130 valence electrons. The zero-order valence-electron chi connectivity index (χ0n) is 14.2. The number of aromatic nitrogens is 3. The van der Waals surface area contributed by atoms with Gasteiger partial charge in [0.1, 0.15) is 6.61 Å². The molecule has 0 amide bonds. The van der Waals surface area contributed by atoms with Crippen LogP contribution in [0.2, 0.25) is 5.28 Å². The van der Waals surface area contributed by atoms with Gasteiger partial charge in [-0.25, -0.2) is 0 Å². The monoisotopic (exact) mass is 364 g/mol. The summed E-state index contributed by atoms with van der Waals surface area (Å²) in [4.78, 5) is 12.1. The molecule has 0 atom stereocenters. The van der Waals surface area contributed by atoms with Gasteiger partial charge >= 0.3 is 6.01 Å². The summed E-state index contributed by atoms with van der Waals surface area (Å²) >= 11 is 5.91. The van der Waals surface area contributed by atoms with Crippen LogP contribution in [0.4, 0.5) is 5.95 Å². The molecule has 1 heterocycles. The third kappa shape index (κ3) is 4.29. The molecule has 0 saturated heterocycles. The number of rotatable bonds is 6. The average Bonchev–Trinajstić information content (AvgIpc) is 2.66. The van der Waals surface area contributed by atoms with Gasteiger partial charge in [-0.05, 0) is 40.8 Å². The maximum absolute atomic E-state index is 5.91. The summed E-state index contributed by atoms with van der Waals surface area (Å²) in [6, 6.07) is 16.5. The first-order valence-electron chi connectivity index (χ1n) is 8.03. The minimum absolute atomic E-state index is 0.0456. The summed E-state index contributed by atoms with van der Waals surface area (Å²) in [5, 5.41) is 2.90. The van der Waals surface area contributed by atoms with Crippen molar-refractivity contribution in [1.29, 1.82) is 0 Å². The molecule has 0 aliphatic carbocycles. The van der Waals surface area contributed by atoms with Crippen molar-refractivity contribution >= 4 is 17.5 Å². The van der Waals surface area contributed by atoms with Gasteiger partial charge in [0.05, 0.1) is 6.54 Å². The Hall–Kier alpha value is -3.10. The first-order chi connectivity index (χ1) is 12.7. The first-order valence-corrected chi connectivity index (χ1v) is 8.41. The van der Waals surface area contributed by atoms with Gasteiger partial charge in [0, 0.05) is 0 Å². The Morgan fingerprint density at radius 3 is 2.65 bits per heavy atom. The Balaban J connectivity index is 1.78. The van der Waals surface area contributed by atoms with Crippen LogP contribution in [0.5, 0.6) is 6.01 Å². The molecule has 0 unspecified atom stereocenters. The van der Waals surface area contributed by atoms with Crippen LogP contribution >= 0.6 is 11.6 Å². The van der Waals surface area contributed by atoms with E-state index in [4.69, 9.17) is 22.8 Å². The van der Waals surface area contributed by atoms with Gasteiger partial charge in [-0.1, -0.05) is 54.5 Å². The first kappa shape index (κ1) is 17.7. The van der Waals surface area contributed by atoms with E-state index < -0.39 is 0 Å². The lowest BCUT2D eigenvalue weighted by Gasteiger charge is -2.12. The molecule has 5 nitrogen and oxygen atoms in total. The second-order valence-corrected chi connectivity index (χ2v) is 5.85. The van der Waals surface area contributed by atoms with E-state index in [-0.39, 0.29) is 23.8 Å². The molecular weight excluding hydrogens is 348 g/mol. The van der Waals surface area contributed by atoms with Crippen molar-refractivity contribution in [3.05, 3.63) is 64.9 Å². The second kappa shape index (κ2) is 8.32. The number of hydrogen-bond acceptors (Lipinski definition) is 5. The smallest absolute Gasteiger partial charge is 0.322 e. The Morgan fingerprint density at radius 2 is 1.88 bits per heavy atom. The van der Waals surface area contributed by atoms with Crippen molar-refractivity contribution in [1.82, 2.24) is 15.0 Å². The Bertz CT molecular complexity index is 938. The number of terminal acetylenes is 1. The van der Waals surface area contributed by atoms with Crippen LogP contribution in [-0.4, -0.2) is 21.5 Å². The minimum atomic E-state index is 0.0456. The summed E-state index contributed by atoms with van der Waals surface area (Å²) in [6.07, 6.45) is 5.22. The standard InChI is InChI=1S/C20H17ClN4O/c1-3-12-22-19-23-18(21)24-20(25-19)26-13-16-10-7-11-17(14(16)2)15-8-5-4-6-9-15/h1,4-11H,12-13H2,2H3,(H,22,23,24,25). The summed E-state index contributed by atoms with van der Waals surface area (Å²) in [7, 11) is 0. The maximum atomic E-state index is 5.91. The second-order valence-electron chi connectivity index (χ2n) is 5.51. The highest BCUT2D eigenvalue weighted by atomic mass is 35.5. The van der Waals surface area contributed by atoms with Crippen molar-refractivity contribution in [3.63, 3.8) is 0 Å². The Morgan fingerprint density at radius 1 is 1.08 bits per heavy atom. The van der Waals surface area contributed by atoms with Crippen LogP contribution < -0.4 is 10.1 Å². The van der Waals surface area contributed by atoms with Gasteiger partial charge < -0.3 is 10.1 Å². The van der Waals surface area contributed by atoms with Crippen LogP contribution in [0.1, 0.15) is 11.1 Å². The van der Waals surface area contributed by atoms with Gasteiger partial charge in [0.15, 0.2) is 0 Å². The van der Waals surface area contributed by atoms with E-state index in [0.29, 0.717) is 6.61 Å². The third-order valence-electron chi connectivity index (χ3n) is 3.82. The lowest BCUT2D eigenvalue weighted by molar-refractivity contribution is 0.279. The van der Waals surface area contributed by atoms with Crippen molar-refractivity contribution in [2.75, 3.05) is 11.9 Å².